The Balaban J connectivity index is 1.69. The molecule has 2 heterocycles. The summed E-state index contributed by atoms with van der Waals surface area (Å²) in [6, 6.07) is 0. The van der Waals surface area contributed by atoms with Crippen molar-refractivity contribution in [3.63, 3.8) is 0 Å². The van der Waals surface area contributed by atoms with Crippen molar-refractivity contribution >= 4 is 0 Å². The molecule has 8 heteroatoms. The van der Waals surface area contributed by atoms with Crippen LogP contribution in [0, 0.1) is 0 Å². The van der Waals surface area contributed by atoms with Gasteiger partial charge in [-0.05, 0) is 0 Å². The molecule has 16 heavy (non-hydrogen) atoms. The maximum absolute atomic E-state index is 10.6. The maximum atomic E-state index is 10.6. The molecule has 0 bridgehead atoms. The van der Waals surface area contributed by atoms with Crippen molar-refractivity contribution in [2.75, 3.05) is 0 Å². The summed E-state index contributed by atoms with van der Waals surface area (Å²) in [6.07, 6.45) is 4.17. The third-order valence-corrected chi connectivity index (χ3v) is 2.00. The van der Waals surface area contributed by atoms with E-state index in [2.05, 4.69) is 19.6 Å². The maximum Gasteiger partial charge on any atom is 0.221 e. The SMILES string of the molecule is [O-]c1c[n+](CCCC[n+]2cc([O-])on2)no1. The van der Waals surface area contributed by atoms with Gasteiger partial charge in [-0.15, -0.1) is 0 Å². The lowest BCUT2D eigenvalue weighted by atomic mass is 10.3. The molecule has 0 aromatic carbocycles. The normalized spacial score (nSPS) is 10.8. The van der Waals surface area contributed by atoms with Crippen LogP contribution < -0.4 is 19.6 Å². The van der Waals surface area contributed by atoms with E-state index in [0.717, 1.165) is 12.8 Å². The highest BCUT2D eigenvalue weighted by atomic mass is 16.6. The second-order valence-corrected chi connectivity index (χ2v) is 3.28. The number of hydrogen-bond acceptors (Lipinski definition) is 6. The molecule has 0 aliphatic rings. The molecule has 0 fully saturated rings. The van der Waals surface area contributed by atoms with Crippen LogP contribution in [0.1, 0.15) is 12.8 Å². The molecule has 86 valence electrons. The van der Waals surface area contributed by atoms with Gasteiger partial charge in [0, 0.05) is 12.8 Å². The van der Waals surface area contributed by atoms with Crippen LogP contribution in [0.15, 0.2) is 21.4 Å². The predicted molar refractivity (Wildman–Crippen MR) is 41.5 cm³/mol. The first-order valence-corrected chi connectivity index (χ1v) is 4.81. The van der Waals surface area contributed by atoms with Crippen molar-refractivity contribution in [3.05, 3.63) is 12.4 Å². The van der Waals surface area contributed by atoms with Crippen LogP contribution in [0.25, 0.3) is 0 Å². The van der Waals surface area contributed by atoms with E-state index >= 15 is 0 Å². The Bertz CT molecular complexity index is 410. The van der Waals surface area contributed by atoms with E-state index in [1.165, 1.54) is 21.8 Å². The van der Waals surface area contributed by atoms with Crippen molar-refractivity contribution in [1.29, 1.82) is 0 Å². The quantitative estimate of drug-likeness (QED) is 0.425. The van der Waals surface area contributed by atoms with E-state index < -0.39 is 11.9 Å². The molecule has 0 N–H and O–H groups in total. The van der Waals surface area contributed by atoms with E-state index in [0.29, 0.717) is 13.1 Å². The monoisotopic (exact) mass is 226 g/mol. The zero-order valence-electron chi connectivity index (χ0n) is 8.40. The zero-order valence-corrected chi connectivity index (χ0v) is 8.40. The topological polar surface area (TPSA) is 106 Å². The Morgan fingerprint density at radius 3 is 1.69 bits per heavy atom. The number of nitrogens with zero attached hydrogens (tertiary/aromatic N) is 4. The second kappa shape index (κ2) is 4.60. The van der Waals surface area contributed by atoms with Crippen LogP contribution in [0.5, 0.6) is 11.9 Å². The average Bonchev–Trinajstić information content (AvgIpc) is 2.83. The van der Waals surface area contributed by atoms with E-state index in [-0.39, 0.29) is 0 Å². The van der Waals surface area contributed by atoms with E-state index in [1.54, 1.807) is 0 Å². The predicted octanol–water partition coefficient (Wildman–Crippen LogP) is -2.13. The number of unbranched alkanes of at least 4 members (excludes halogenated alkanes) is 1. The molecule has 0 radical (unpaired) electrons. The molecule has 2 rings (SSSR count). The van der Waals surface area contributed by atoms with Crippen LogP contribution in [0.2, 0.25) is 0 Å². The van der Waals surface area contributed by atoms with Crippen LogP contribution >= 0.6 is 0 Å². The van der Waals surface area contributed by atoms with Gasteiger partial charge in [0.25, 0.3) is 0 Å². The van der Waals surface area contributed by atoms with Crippen molar-refractivity contribution < 1.29 is 28.6 Å². The summed E-state index contributed by atoms with van der Waals surface area (Å²) < 4.78 is 11.6. The Morgan fingerprint density at radius 2 is 1.38 bits per heavy atom. The van der Waals surface area contributed by atoms with Gasteiger partial charge in [0.05, 0.1) is 10.5 Å². The van der Waals surface area contributed by atoms with Crippen molar-refractivity contribution in [2.45, 2.75) is 25.9 Å². The molecule has 0 saturated heterocycles. The lowest BCUT2D eigenvalue weighted by molar-refractivity contribution is -0.772. The van der Waals surface area contributed by atoms with Gasteiger partial charge in [0.1, 0.15) is 11.9 Å². The van der Waals surface area contributed by atoms with Crippen LogP contribution in [-0.2, 0) is 13.1 Å². The van der Waals surface area contributed by atoms with Gasteiger partial charge in [-0.3, -0.25) is 0 Å². The van der Waals surface area contributed by atoms with Gasteiger partial charge in [0.2, 0.25) is 12.4 Å². The minimum Gasteiger partial charge on any atom is -0.539 e. The zero-order chi connectivity index (χ0) is 11.4. The first-order chi connectivity index (χ1) is 7.74. The number of aromatic nitrogens is 4. The fraction of sp³-hybridized carbons (Fsp3) is 0.500. The molecule has 8 nitrogen and oxygen atoms in total. The van der Waals surface area contributed by atoms with Crippen molar-refractivity contribution in [1.82, 2.24) is 10.5 Å². The highest BCUT2D eigenvalue weighted by molar-refractivity contribution is 4.80. The Kier molecular flexibility index (Phi) is 2.99. The smallest absolute Gasteiger partial charge is 0.221 e. The van der Waals surface area contributed by atoms with Gasteiger partial charge in [0.15, 0.2) is 13.1 Å². The van der Waals surface area contributed by atoms with Gasteiger partial charge in [-0.1, -0.05) is 9.36 Å². The summed E-state index contributed by atoms with van der Waals surface area (Å²) in [7, 11) is 0. The highest BCUT2D eigenvalue weighted by Crippen LogP contribution is 1.96. The first kappa shape index (κ1) is 10.4. The summed E-state index contributed by atoms with van der Waals surface area (Å²) in [5.41, 5.74) is 0. The molecule has 2 aromatic heterocycles. The molecular formula is C8H10N4O4. The summed E-state index contributed by atoms with van der Waals surface area (Å²) in [5, 5.41) is 28.3. The molecule has 2 aromatic rings. The molecule has 0 amide bonds. The third kappa shape index (κ3) is 2.69. The number of aryl methyl sites for hydroxylation is 2. The molecule has 0 unspecified atom stereocenters. The third-order valence-electron chi connectivity index (χ3n) is 2.00. The molecule has 0 spiro atoms. The first-order valence-electron chi connectivity index (χ1n) is 4.81. The van der Waals surface area contributed by atoms with Crippen LogP contribution in [-0.4, -0.2) is 10.5 Å². The fourth-order valence-corrected chi connectivity index (χ4v) is 1.28. The van der Waals surface area contributed by atoms with E-state index in [4.69, 9.17) is 0 Å². The highest BCUT2D eigenvalue weighted by Gasteiger charge is 2.06. The minimum atomic E-state index is -0.457. The summed E-state index contributed by atoms with van der Waals surface area (Å²) >= 11 is 0. The molecule has 0 aliphatic heterocycles. The van der Waals surface area contributed by atoms with Gasteiger partial charge in [-0.25, -0.2) is 0 Å². The summed E-state index contributed by atoms with van der Waals surface area (Å²) in [4.78, 5) is 0. The fourth-order valence-electron chi connectivity index (χ4n) is 1.28. The lowest BCUT2D eigenvalue weighted by Crippen LogP contribution is -2.37. The molecule has 0 aliphatic carbocycles. The Hall–Kier alpha value is -2.12. The van der Waals surface area contributed by atoms with Crippen LogP contribution in [0.3, 0.4) is 0 Å². The molecular weight excluding hydrogens is 216 g/mol. The largest absolute Gasteiger partial charge is 0.539 e. The Morgan fingerprint density at radius 1 is 0.938 bits per heavy atom. The number of rotatable bonds is 5. The van der Waals surface area contributed by atoms with E-state index in [1.807, 2.05) is 0 Å². The second-order valence-electron chi connectivity index (χ2n) is 3.28. The summed E-state index contributed by atoms with van der Waals surface area (Å²) in [6.45, 7) is 1.18. The average molecular weight is 226 g/mol. The lowest BCUT2D eigenvalue weighted by Gasteiger charge is -1.89. The van der Waals surface area contributed by atoms with Gasteiger partial charge in [-0.2, -0.15) is 0 Å². The number of hydrogen-bond donors (Lipinski definition) is 0. The van der Waals surface area contributed by atoms with Gasteiger partial charge < -0.3 is 19.3 Å². The minimum absolute atomic E-state index is 0.457. The van der Waals surface area contributed by atoms with E-state index in [9.17, 15) is 10.2 Å². The standard InChI is InChI=1S/C8H10N4O4/c13-7-5-11(9-15-7)3-1-2-4-12-6-8(14)16-10-12/h5-6H,1-4H2. The van der Waals surface area contributed by atoms with Crippen LogP contribution in [0.4, 0.5) is 0 Å². The molecule has 0 saturated carbocycles. The van der Waals surface area contributed by atoms with Crippen molar-refractivity contribution in [3.8, 4) is 11.9 Å². The Labute approximate surface area is 90.3 Å². The summed E-state index contributed by atoms with van der Waals surface area (Å²) in [5.74, 6) is -0.913. The van der Waals surface area contributed by atoms with Crippen molar-refractivity contribution in [2.24, 2.45) is 0 Å². The molecule has 0 atom stereocenters. The van der Waals surface area contributed by atoms with Gasteiger partial charge >= 0.3 is 0 Å².